The fourth-order valence-electron chi connectivity index (χ4n) is 3.39. The molecule has 3 rings (SSSR count). The van der Waals surface area contributed by atoms with Gasteiger partial charge in [-0.15, -0.1) is 0 Å². The molecule has 1 aromatic heterocycles. The van der Waals surface area contributed by atoms with E-state index in [1.54, 1.807) is 0 Å². The lowest BCUT2D eigenvalue weighted by atomic mass is 9.92. The van der Waals surface area contributed by atoms with Crippen molar-refractivity contribution in [3.63, 3.8) is 0 Å². The van der Waals surface area contributed by atoms with E-state index in [-0.39, 0.29) is 6.04 Å². The van der Waals surface area contributed by atoms with Crippen molar-refractivity contribution < 1.29 is 4.52 Å². The van der Waals surface area contributed by atoms with Crippen molar-refractivity contribution in [1.29, 1.82) is 0 Å². The summed E-state index contributed by atoms with van der Waals surface area (Å²) in [5.41, 5.74) is 4.93. The third-order valence-electron chi connectivity index (χ3n) is 4.75. The van der Waals surface area contributed by atoms with Crippen molar-refractivity contribution in [3.8, 4) is 0 Å². The van der Waals surface area contributed by atoms with Crippen molar-refractivity contribution >= 4 is 0 Å². The molecule has 4 heteroatoms. The Bertz CT molecular complexity index is 622. The standard InChI is InChI=1S/C18H25N3O/c1-13-7-5-6-8-16(13)18(17-14(2)19-22-15(17)3)21-11-9-20(4)10-12-21/h5-8,18H,9-12H2,1-4H3. The zero-order valence-corrected chi connectivity index (χ0v) is 14.0. The molecular weight excluding hydrogens is 274 g/mol. The molecule has 0 bridgehead atoms. The molecule has 1 unspecified atom stereocenters. The number of benzene rings is 1. The van der Waals surface area contributed by atoms with Gasteiger partial charge in [0, 0.05) is 31.7 Å². The molecule has 2 heterocycles. The monoisotopic (exact) mass is 299 g/mol. The largest absolute Gasteiger partial charge is 0.361 e. The van der Waals surface area contributed by atoms with E-state index in [1.807, 2.05) is 13.8 Å². The molecule has 0 radical (unpaired) electrons. The van der Waals surface area contributed by atoms with Crippen LogP contribution < -0.4 is 0 Å². The molecule has 22 heavy (non-hydrogen) atoms. The van der Waals surface area contributed by atoms with Crippen molar-refractivity contribution in [2.75, 3.05) is 33.2 Å². The van der Waals surface area contributed by atoms with Crippen LogP contribution in [-0.4, -0.2) is 48.2 Å². The summed E-state index contributed by atoms with van der Waals surface area (Å²) in [6.45, 7) is 10.6. The molecule has 118 valence electrons. The third-order valence-corrected chi connectivity index (χ3v) is 4.75. The maximum atomic E-state index is 5.46. The second-order valence-corrected chi connectivity index (χ2v) is 6.34. The highest BCUT2D eigenvalue weighted by Gasteiger charge is 2.30. The minimum Gasteiger partial charge on any atom is -0.361 e. The predicted molar refractivity (Wildman–Crippen MR) is 88.1 cm³/mol. The Kier molecular flexibility index (Phi) is 4.32. The van der Waals surface area contributed by atoms with Gasteiger partial charge in [0.15, 0.2) is 0 Å². The second-order valence-electron chi connectivity index (χ2n) is 6.34. The summed E-state index contributed by atoms with van der Waals surface area (Å²) in [6.07, 6.45) is 0. The highest BCUT2D eigenvalue weighted by molar-refractivity contribution is 5.39. The van der Waals surface area contributed by atoms with Crippen LogP contribution in [0.4, 0.5) is 0 Å². The van der Waals surface area contributed by atoms with E-state index in [9.17, 15) is 0 Å². The maximum absolute atomic E-state index is 5.46. The Balaban J connectivity index is 2.05. The van der Waals surface area contributed by atoms with Gasteiger partial charge < -0.3 is 9.42 Å². The normalized spacial score (nSPS) is 18.5. The van der Waals surface area contributed by atoms with Gasteiger partial charge in [-0.25, -0.2) is 0 Å². The Morgan fingerprint density at radius 1 is 1.05 bits per heavy atom. The van der Waals surface area contributed by atoms with Crippen molar-refractivity contribution in [1.82, 2.24) is 15.0 Å². The van der Waals surface area contributed by atoms with Gasteiger partial charge in [0.25, 0.3) is 0 Å². The molecule has 0 spiro atoms. The van der Waals surface area contributed by atoms with E-state index in [4.69, 9.17) is 4.52 Å². The van der Waals surface area contributed by atoms with Crippen LogP contribution in [0.1, 0.15) is 34.2 Å². The van der Waals surface area contributed by atoms with Crippen molar-refractivity contribution in [2.45, 2.75) is 26.8 Å². The Morgan fingerprint density at radius 2 is 1.73 bits per heavy atom. The number of piperazine rings is 1. The number of aromatic nitrogens is 1. The summed E-state index contributed by atoms with van der Waals surface area (Å²) < 4.78 is 5.46. The molecule has 1 saturated heterocycles. The van der Waals surface area contributed by atoms with Crippen LogP contribution in [0.15, 0.2) is 28.8 Å². The molecule has 1 aromatic carbocycles. The number of rotatable bonds is 3. The van der Waals surface area contributed by atoms with Crippen LogP contribution in [0.25, 0.3) is 0 Å². The fourth-order valence-corrected chi connectivity index (χ4v) is 3.39. The van der Waals surface area contributed by atoms with Crippen LogP contribution in [0, 0.1) is 20.8 Å². The summed E-state index contributed by atoms with van der Waals surface area (Å²) in [5.74, 6) is 0.935. The third kappa shape index (κ3) is 2.81. The molecular formula is C18H25N3O. The first-order valence-corrected chi connectivity index (χ1v) is 7.99. The van der Waals surface area contributed by atoms with Crippen molar-refractivity contribution in [3.05, 3.63) is 52.4 Å². The van der Waals surface area contributed by atoms with Crippen LogP contribution in [0.3, 0.4) is 0 Å². The molecule has 0 amide bonds. The van der Waals surface area contributed by atoms with E-state index >= 15 is 0 Å². The molecule has 4 nitrogen and oxygen atoms in total. The number of hydrogen-bond donors (Lipinski definition) is 0. The van der Waals surface area contributed by atoms with E-state index in [0.717, 1.165) is 37.6 Å². The second kappa shape index (κ2) is 6.23. The summed E-state index contributed by atoms with van der Waals surface area (Å²) in [4.78, 5) is 4.95. The minimum atomic E-state index is 0.237. The minimum absolute atomic E-state index is 0.237. The van der Waals surface area contributed by atoms with E-state index in [1.165, 1.54) is 16.7 Å². The molecule has 1 fully saturated rings. The maximum Gasteiger partial charge on any atom is 0.139 e. The van der Waals surface area contributed by atoms with Crippen LogP contribution >= 0.6 is 0 Å². The van der Waals surface area contributed by atoms with Gasteiger partial charge in [-0.3, -0.25) is 4.90 Å². The zero-order chi connectivity index (χ0) is 15.7. The zero-order valence-electron chi connectivity index (χ0n) is 14.0. The van der Waals surface area contributed by atoms with Crippen LogP contribution in [-0.2, 0) is 0 Å². The first kappa shape index (κ1) is 15.3. The number of nitrogens with zero attached hydrogens (tertiary/aromatic N) is 3. The molecule has 1 aliphatic heterocycles. The fraction of sp³-hybridized carbons (Fsp3) is 0.500. The first-order valence-electron chi connectivity index (χ1n) is 7.99. The highest BCUT2D eigenvalue weighted by atomic mass is 16.5. The van der Waals surface area contributed by atoms with Crippen LogP contribution in [0.5, 0.6) is 0 Å². The van der Waals surface area contributed by atoms with Gasteiger partial charge in [0.1, 0.15) is 5.76 Å². The quantitative estimate of drug-likeness (QED) is 0.872. The lowest BCUT2D eigenvalue weighted by molar-refractivity contribution is 0.126. The lowest BCUT2D eigenvalue weighted by Crippen LogP contribution is -2.46. The Hall–Kier alpha value is -1.65. The topological polar surface area (TPSA) is 32.5 Å². The molecule has 0 saturated carbocycles. The number of hydrogen-bond acceptors (Lipinski definition) is 4. The highest BCUT2D eigenvalue weighted by Crippen LogP contribution is 2.35. The van der Waals surface area contributed by atoms with Crippen molar-refractivity contribution in [2.24, 2.45) is 0 Å². The van der Waals surface area contributed by atoms with E-state index in [0.29, 0.717) is 0 Å². The Morgan fingerprint density at radius 3 is 2.32 bits per heavy atom. The summed E-state index contributed by atoms with van der Waals surface area (Å²) in [6, 6.07) is 8.90. The van der Waals surface area contributed by atoms with Gasteiger partial charge in [-0.05, 0) is 38.9 Å². The van der Waals surface area contributed by atoms with Gasteiger partial charge in [0.05, 0.1) is 11.7 Å². The van der Waals surface area contributed by atoms with E-state index in [2.05, 4.69) is 53.2 Å². The SMILES string of the molecule is Cc1ccccc1C(c1c(C)noc1C)N1CCN(C)CC1. The first-order chi connectivity index (χ1) is 10.6. The number of likely N-dealkylation sites (N-methyl/N-ethyl adjacent to an activating group) is 1. The molecule has 0 N–H and O–H groups in total. The van der Waals surface area contributed by atoms with Gasteiger partial charge in [-0.1, -0.05) is 29.4 Å². The average Bonchev–Trinajstić information content (AvgIpc) is 2.83. The smallest absolute Gasteiger partial charge is 0.139 e. The van der Waals surface area contributed by atoms with E-state index < -0.39 is 0 Å². The van der Waals surface area contributed by atoms with Gasteiger partial charge in [0.2, 0.25) is 0 Å². The Labute approximate surface area is 132 Å². The molecule has 0 aliphatic carbocycles. The van der Waals surface area contributed by atoms with Gasteiger partial charge >= 0.3 is 0 Å². The summed E-state index contributed by atoms with van der Waals surface area (Å²) in [5, 5.41) is 4.19. The van der Waals surface area contributed by atoms with Gasteiger partial charge in [-0.2, -0.15) is 0 Å². The molecule has 2 aromatic rings. The lowest BCUT2D eigenvalue weighted by Gasteiger charge is -2.38. The summed E-state index contributed by atoms with van der Waals surface area (Å²) in [7, 11) is 2.19. The summed E-state index contributed by atoms with van der Waals surface area (Å²) >= 11 is 0. The predicted octanol–water partition coefficient (Wildman–Crippen LogP) is 2.94. The molecule has 1 atom stereocenters. The number of aryl methyl sites for hydroxylation is 3. The van der Waals surface area contributed by atoms with Crippen LogP contribution in [0.2, 0.25) is 0 Å². The average molecular weight is 299 g/mol. The molecule has 1 aliphatic rings.